The number of halogens is 1. The summed E-state index contributed by atoms with van der Waals surface area (Å²) in [5.74, 6) is 0.725. The molecule has 3 aliphatic heterocycles. The number of fused-ring (bicyclic) bond motifs is 2. The molecule has 23 heavy (non-hydrogen) atoms. The highest BCUT2D eigenvalue weighted by molar-refractivity contribution is 6.33. The molecule has 0 radical (unpaired) electrons. The van der Waals surface area contributed by atoms with Gasteiger partial charge in [0.15, 0.2) is 0 Å². The highest BCUT2D eigenvalue weighted by atomic mass is 35.5. The third kappa shape index (κ3) is 2.66. The van der Waals surface area contributed by atoms with E-state index in [-0.39, 0.29) is 12.1 Å². The number of hydrogen-bond donors (Lipinski definition) is 2. The van der Waals surface area contributed by atoms with E-state index in [0.717, 1.165) is 36.6 Å². The van der Waals surface area contributed by atoms with E-state index in [1.165, 1.54) is 0 Å². The molecule has 2 amide bonds. The number of nitrogens with zero attached hydrogens (tertiary/aromatic N) is 2. The molecule has 4 aliphatic rings. The molecule has 1 saturated carbocycles. The number of benzene rings is 1. The molecule has 3 atom stereocenters. The summed E-state index contributed by atoms with van der Waals surface area (Å²) in [7, 11) is 0. The summed E-state index contributed by atoms with van der Waals surface area (Å²) in [6.45, 7) is 3.44. The lowest BCUT2D eigenvalue weighted by Gasteiger charge is -2.54. The van der Waals surface area contributed by atoms with Crippen LogP contribution in [-0.4, -0.2) is 47.3 Å². The van der Waals surface area contributed by atoms with Gasteiger partial charge >= 0.3 is 6.03 Å². The number of aliphatic hydroxyl groups is 1. The van der Waals surface area contributed by atoms with Crippen molar-refractivity contribution in [2.24, 2.45) is 5.92 Å². The topological polar surface area (TPSA) is 55.8 Å². The predicted octanol–water partition coefficient (Wildman–Crippen LogP) is 2.93. The molecule has 0 spiro atoms. The van der Waals surface area contributed by atoms with Crippen LogP contribution in [0.5, 0.6) is 0 Å². The van der Waals surface area contributed by atoms with Gasteiger partial charge in [-0.1, -0.05) is 18.5 Å². The number of amides is 2. The summed E-state index contributed by atoms with van der Waals surface area (Å²) in [4.78, 5) is 16.6. The number of urea groups is 1. The van der Waals surface area contributed by atoms with Crippen LogP contribution in [0, 0.1) is 5.92 Å². The predicted molar refractivity (Wildman–Crippen MR) is 91.1 cm³/mol. The molecule has 124 valence electrons. The lowest BCUT2D eigenvalue weighted by molar-refractivity contribution is -0.00601. The van der Waals surface area contributed by atoms with E-state index < -0.39 is 0 Å². The molecular formula is C17H22ClN3O2. The van der Waals surface area contributed by atoms with Gasteiger partial charge in [0.2, 0.25) is 0 Å². The molecule has 2 N–H and O–H groups in total. The normalized spacial score (nSPS) is 29.8. The number of aliphatic hydroxyl groups excluding tert-OH is 1. The fourth-order valence-electron chi connectivity index (χ4n) is 4.15. The van der Waals surface area contributed by atoms with Crippen LogP contribution in [0.4, 0.5) is 16.2 Å². The van der Waals surface area contributed by atoms with Crippen LogP contribution in [0.2, 0.25) is 5.02 Å². The zero-order valence-corrected chi connectivity index (χ0v) is 14.0. The van der Waals surface area contributed by atoms with Gasteiger partial charge in [0.05, 0.1) is 16.8 Å². The zero-order chi connectivity index (χ0) is 16.1. The van der Waals surface area contributed by atoms with E-state index in [1.807, 2.05) is 21.9 Å². The third-order valence-electron chi connectivity index (χ3n) is 5.31. The summed E-state index contributed by atoms with van der Waals surface area (Å²) in [6.07, 6.45) is 3.09. The highest BCUT2D eigenvalue weighted by Crippen LogP contribution is 2.41. The van der Waals surface area contributed by atoms with Crippen molar-refractivity contribution in [3.63, 3.8) is 0 Å². The van der Waals surface area contributed by atoms with Crippen LogP contribution < -0.4 is 10.2 Å². The maximum atomic E-state index is 12.5. The van der Waals surface area contributed by atoms with Crippen LogP contribution in [0.15, 0.2) is 18.2 Å². The molecule has 5 nitrogen and oxygen atoms in total. The number of anilines is 2. The third-order valence-corrected chi connectivity index (χ3v) is 5.63. The molecule has 2 bridgehead atoms. The van der Waals surface area contributed by atoms with Crippen LogP contribution in [0.1, 0.15) is 26.2 Å². The minimum Gasteiger partial charge on any atom is -0.389 e. The van der Waals surface area contributed by atoms with Crippen molar-refractivity contribution < 1.29 is 9.90 Å². The summed E-state index contributed by atoms with van der Waals surface area (Å²) < 4.78 is 0. The van der Waals surface area contributed by atoms with Crippen molar-refractivity contribution in [1.82, 2.24) is 4.90 Å². The van der Waals surface area contributed by atoms with E-state index in [2.05, 4.69) is 12.2 Å². The van der Waals surface area contributed by atoms with Crippen molar-refractivity contribution in [1.29, 1.82) is 0 Å². The van der Waals surface area contributed by atoms with Gasteiger partial charge in [-0.3, -0.25) is 0 Å². The number of piperidine rings is 1. The Hall–Kier alpha value is -1.46. The van der Waals surface area contributed by atoms with Gasteiger partial charge < -0.3 is 20.2 Å². The van der Waals surface area contributed by atoms with Gasteiger partial charge in [-0.2, -0.15) is 0 Å². The average Bonchev–Trinajstić information content (AvgIpc) is 2.45. The Kier molecular flexibility index (Phi) is 3.65. The van der Waals surface area contributed by atoms with Crippen molar-refractivity contribution in [3.8, 4) is 0 Å². The number of β-amino-alcohol motifs (C(OH)–C–C–N with tert-alkyl or cyclic N) is 1. The number of carbonyl (C=O) groups is 1. The van der Waals surface area contributed by atoms with Gasteiger partial charge in [0.25, 0.3) is 0 Å². The van der Waals surface area contributed by atoms with Crippen molar-refractivity contribution in [2.45, 2.75) is 44.4 Å². The minimum absolute atomic E-state index is 0.00457. The van der Waals surface area contributed by atoms with E-state index in [9.17, 15) is 9.90 Å². The molecule has 3 saturated heterocycles. The summed E-state index contributed by atoms with van der Waals surface area (Å²) >= 11 is 6.24. The second kappa shape index (κ2) is 5.56. The molecule has 1 aromatic carbocycles. The zero-order valence-electron chi connectivity index (χ0n) is 13.2. The Morgan fingerprint density at radius 2 is 1.96 bits per heavy atom. The molecule has 1 aliphatic carbocycles. The van der Waals surface area contributed by atoms with Crippen molar-refractivity contribution >= 4 is 29.0 Å². The standard InChI is InChI=1S/C17H22ClN3O2/c1-10-4-12-7-13(5-10)21(12)17(23)19-11-2-3-15(18)16(6-11)20-8-14(22)9-20/h2-3,6,10,12-14,22H,4-5,7-9H2,1H3,(H,19,23)/t10?,12-,13+. The summed E-state index contributed by atoms with van der Waals surface area (Å²) in [5, 5.41) is 13.1. The Bertz CT molecular complexity index is 620. The van der Waals surface area contributed by atoms with E-state index in [0.29, 0.717) is 30.2 Å². The quantitative estimate of drug-likeness (QED) is 0.873. The summed E-state index contributed by atoms with van der Waals surface area (Å²) in [6, 6.07) is 6.33. The number of rotatable bonds is 2. The van der Waals surface area contributed by atoms with Gasteiger partial charge in [0.1, 0.15) is 0 Å². The molecule has 1 aromatic rings. The fourth-order valence-corrected chi connectivity index (χ4v) is 4.39. The average molecular weight is 336 g/mol. The first-order valence-corrected chi connectivity index (χ1v) is 8.71. The Balaban J connectivity index is 1.45. The monoisotopic (exact) mass is 335 g/mol. The van der Waals surface area contributed by atoms with Crippen molar-refractivity contribution in [3.05, 3.63) is 23.2 Å². The van der Waals surface area contributed by atoms with Crippen LogP contribution in [0.25, 0.3) is 0 Å². The maximum absolute atomic E-state index is 12.5. The second-order valence-electron chi connectivity index (χ2n) is 7.18. The highest BCUT2D eigenvalue weighted by Gasteiger charge is 2.46. The smallest absolute Gasteiger partial charge is 0.322 e. The molecule has 4 fully saturated rings. The van der Waals surface area contributed by atoms with Gasteiger partial charge in [-0.15, -0.1) is 0 Å². The first-order chi connectivity index (χ1) is 11.0. The molecule has 0 aromatic heterocycles. The lowest BCUT2D eigenvalue weighted by atomic mass is 9.74. The minimum atomic E-state index is -0.285. The fraction of sp³-hybridized carbons (Fsp3) is 0.588. The maximum Gasteiger partial charge on any atom is 0.322 e. The van der Waals surface area contributed by atoms with Gasteiger partial charge in [0, 0.05) is 30.9 Å². The van der Waals surface area contributed by atoms with Crippen LogP contribution in [-0.2, 0) is 0 Å². The lowest BCUT2D eigenvalue weighted by Crippen LogP contribution is -2.63. The number of hydrogen-bond acceptors (Lipinski definition) is 3. The Morgan fingerprint density at radius 1 is 1.26 bits per heavy atom. The van der Waals surface area contributed by atoms with Gasteiger partial charge in [-0.25, -0.2) is 4.79 Å². The second-order valence-corrected chi connectivity index (χ2v) is 7.59. The largest absolute Gasteiger partial charge is 0.389 e. The van der Waals surface area contributed by atoms with Gasteiger partial charge in [-0.05, 0) is 43.4 Å². The Labute approximate surface area is 141 Å². The summed E-state index contributed by atoms with van der Waals surface area (Å²) in [5.41, 5.74) is 1.63. The molecule has 3 heterocycles. The Morgan fingerprint density at radius 3 is 2.61 bits per heavy atom. The number of nitrogens with one attached hydrogen (secondary N) is 1. The molecule has 1 unspecified atom stereocenters. The molecule has 6 heteroatoms. The SMILES string of the molecule is CC1C[C@@H]2C[C@H](C1)N2C(=O)Nc1ccc(Cl)c(N2CC(O)C2)c1. The first kappa shape index (κ1) is 15.1. The number of carbonyl (C=O) groups excluding carboxylic acids is 1. The molecular weight excluding hydrogens is 314 g/mol. The van der Waals surface area contributed by atoms with Crippen LogP contribution >= 0.6 is 11.6 Å². The van der Waals surface area contributed by atoms with Crippen molar-refractivity contribution in [2.75, 3.05) is 23.3 Å². The van der Waals surface area contributed by atoms with E-state index in [1.54, 1.807) is 6.07 Å². The first-order valence-electron chi connectivity index (χ1n) is 8.33. The van der Waals surface area contributed by atoms with Crippen LogP contribution in [0.3, 0.4) is 0 Å². The molecule has 5 rings (SSSR count). The van der Waals surface area contributed by atoms with E-state index in [4.69, 9.17) is 11.6 Å². The van der Waals surface area contributed by atoms with E-state index >= 15 is 0 Å².